The minimum Gasteiger partial charge on any atom is -0.440 e. The number of oxazole rings is 1. The fourth-order valence-electron chi connectivity index (χ4n) is 3.09. The van der Waals surface area contributed by atoms with E-state index in [1.807, 2.05) is 4.68 Å². The summed E-state index contributed by atoms with van der Waals surface area (Å²) in [4.78, 5) is 4.30. The van der Waals surface area contributed by atoms with Gasteiger partial charge >= 0.3 is 0 Å². The molecule has 0 saturated heterocycles. The first-order valence-corrected chi connectivity index (χ1v) is 9.39. The van der Waals surface area contributed by atoms with Crippen molar-refractivity contribution < 1.29 is 8.81 Å². The van der Waals surface area contributed by atoms with Crippen LogP contribution in [0.5, 0.6) is 0 Å². The minimum absolute atomic E-state index is 0.270. The van der Waals surface area contributed by atoms with Crippen molar-refractivity contribution in [1.82, 2.24) is 25.2 Å². The molecular weight excluding hydrogens is 341 g/mol. The van der Waals surface area contributed by atoms with Crippen molar-refractivity contribution in [3.63, 3.8) is 0 Å². The molecule has 6 nitrogen and oxygen atoms in total. The second-order valence-corrected chi connectivity index (χ2v) is 7.05. The Labute approximate surface area is 148 Å². The summed E-state index contributed by atoms with van der Waals surface area (Å²) in [5, 5.41) is 12.9. The van der Waals surface area contributed by atoms with Gasteiger partial charge in [-0.25, -0.2) is 14.1 Å². The molecule has 1 saturated carbocycles. The van der Waals surface area contributed by atoms with Crippen LogP contribution in [-0.4, -0.2) is 25.2 Å². The molecule has 0 radical (unpaired) electrons. The molecule has 0 bridgehead atoms. The van der Waals surface area contributed by atoms with E-state index in [0.717, 1.165) is 23.6 Å². The third-order valence-electron chi connectivity index (χ3n) is 4.39. The quantitative estimate of drug-likeness (QED) is 0.634. The summed E-state index contributed by atoms with van der Waals surface area (Å²) >= 11 is 1.52. The highest BCUT2D eigenvalue weighted by atomic mass is 32.2. The molecule has 0 N–H and O–H groups in total. The number of thioether (sulfide) groups is 1. The first-order valence-electron chi connectivity index (χ1n) is 8.41. The Bertz CT molecular complexity index is 826. The zero-order valence-corrected chi connectivity index (χ0v) is 14.5. The zero-order chi connectivity index (χ0) is 17.1. The van der Waals surface area contributed by atoms with Gasteiger partial charge in [0.1, 0.15) is 5.82 Å². The lowest BCUT2D eigenvalue weighted by Crippen LogP contribution is -2.15. The Kier molecular flexibility index (Phi) is 4.78. The molecule has 1 aliphatic rings. The topological polar surface area (TPSA) is 69.6 Å². The van der Waals surface area contributed by atoms with Gasteiger partial charge in [-0.3, -0.25) is 0 Å². The van der Waals surface area contributed by atoms with Crippen LogP contribution < -0.4 is 0 Å². The molecule has 130 valence electrons. The van der Waals surface area contributed by atoms with Crippen LogP contribution >= 0.6 is 11.8 Å². The van der Waals surface area contributed by atoms with Crippen molar-refractivity contribution >= 4 is 11.8 Å². The molecule has 0 spiro atoms. The molecule has 4 rings (SSSR count). The van der Waals surface area contributed by atoms with Gasteiger partial charge in [-0.2, -0.15) is 0 Å². The molecule has 3 aromatic rings. The van der Waals surface area contributed by atoms with Gasteiger partial charge < -0.3 is 4.42 Å². The maximum absolute atomic E-state index is 13.0. The Hall–Kier alpha value is -2.22. The van der Waals surface area contributed by atoms with E-state index in [2.05, 4.69) is 20.5 Å². The third-order valence-corrected chi connectivity index (χ3v) is 5.31. The Morgan fingerprint density at radius 1 is 1.16 bits per heavy atom. The van der Waals surface area contributed by atoms with E-state index >= 15 is 0 Å². The molecule has 25 heavy (non-hydrogen) atoms. The molecule has 0 atom stereocenters. The Morgan fingerprint density at radius 2 is 1.96 bits per heavy atom. The van der Waals surface area contributed by atoms with Crippen molar-refractivity contribution in [2.75, 3.05) is 0 Å². The number of benzene rings is 1. The lowest BCUT2D eigenvalue weighted by molar-refractivity contribution is 0.307. The van der Waals surface area contributed by atoms with Gasteiger partial charge in [0.05, 0.1) is 18.0 Å². The number of hydrogen-bond acceptors (Lipinski definition) is 6. The molecule has 2 aromatic heterocycles. The predicted molar refractivity (Wildman–Crippen MR) is 91.4 cm³/mol. The van der Waals surface area contributed by atoms with Crippen molar-refractivity contribution in [2.45, 2.75) is 49.1 Å². The summed E-state index contributed by atoms with van der Waals surface area (Å²) in [7, 11) is 0. The van der Waals surface area contributed by atoms with Gasteiger partial charge in [-0.1, -0.05) is 31.0 Å². The average molecular weight is 359 g/mol. The van der Waals surface area contributed by atoms with E-state index in [0.29, 0.717) is 23.4 Å². The highest BCUT2D eigenvalue weighted by Gasteiger charge is 2.20. The second-order valence-electron chi connectivity index (χ2n) is 6.11. The summed E-state index contributed by atoms with van der Waals surface area (Å²) in [6.07, 6.45) is 7.68. The first kappa shape index (κ1) is 16.3. The number of rotatable bonds is 5. The van der Waals surface area contributed by atoms with Crippen LogP contribution in [-0.2, 0) is 5.75 Å². The Morgan fingerprint density at radius 3 is 2.76 bits per heavy atom. The van der Waals surface area contributed by atoms with Crippen LogP contribution in [0.25, 0.3) is 11.3 Å². The van der Waals surface area contributed by atoms with Crippen LogP contribution in [0.15, 0.2) is 40.0 Å². The largest absolute Gasteiger partial charge is 0.440 e. The highest BCUT2D eigenvalue weighted by molar-refractivity contribution is 7.98. The van der Waals surface area contributed by atoms with E-state index in [-0.39, 0.29) is 5.82 Å². The molecular formula is C17H18FN5OS. The number of tetrazole rings is 1. The summed E-state index contributed by atoms with van der Waals surface area (Å²) in [6, 6.07) is 6.56. The maximum atomic E-state index is 13.0. The third kappa shape index (κ3) is 3.73. The van der Waals surface area contributed by atoms with Gasteiger partial charge in [0.25, 0.3) is 0 Å². The summed E-state index contributed by atoms with van der Waals surface area (Å²) < 4.78 is 20.7. The summed E-state index contributed by atoms with van der Waals surface area (Å²) in [6.45, 7) is 0. The van der Waals surface area contributed by atoms with Crippen LogP contribution in [0.3, 0.4) is 0 Å². The highest BCUT2D eigenvalue weighted by Crippen LogP contribution is 2.31. The number of halogens is 1. The molecule has 1 aromatic carbocycles. The molecule has 0 amide bonds. The van der Waals surface area contributed by atoms with Crippen molar-refractivity contribution in [1.29, 1.82) is 0 Å². The lowest BCUT2D eigenvalue weighted by atomic mass is 9.96. The average Bonchev–Trinajstić information content (AvgIpc) is 3.31. The van der Waals surface area contributed by atoms with Crippen molar-refractivity contribution in [2.24, 2.45) is 0 Å². The van der Waals surface area contributed by atoms with Gasteiger partial charge in [0.15, 0.2) is 5.76 Å². The van der Waals surface area contributed by atoms with Crippen LogP contribution in [0.4, 0.5) is 4.39 Å². The van der Waals surface area contributed by atoms with E-state index in [1.165, 1.54) is 43.2 Å². The zero-order valence-electron chi connectivity index (χ0n) is 13.6. The Balaban J connectivity index is 1.42. The molecule has 0 unspecified atom stereocenters. The fourth-order valence-corrected chi connectivity index (χ4v) is 3.88. The second kappa shape index (κ2) is 7.35. The fraction of sp³-hybridized carbons (Fsp3) is 0.412. The smallest absolute Gasteiger partial charge is 0.210 e. The predicted octanol–water partition coefficient (Wildman–Crippen LogP) is 4.26. The molecule has 1 aliphatic carbocycles. The van der Waals surface area contributed by atoms with E-state index in [9.17, 15) is 4.39 Å². The lowest BCUT2D eigenvalue weighted by Gasteiger charge is -2.21. The number of hydrogen-bond donors (Lipinski definition) is 0. The van der Waals surface area contributed by atoms with Gasteiger partial charge in [-0.15, -0.1) is 5.10 Å². The molecule has 8 heteroatoms. The molecule has 2 heterocycles. The molecule has 1 fully saturated rings. The van der Waals surface area contributed by atoms with Crippen LogP contribution in [0, 0.1) is 5.82 Å². The van der Waals surface area contributed by atoms with Crippen molar-refractivity contribution in [3.8, 4) is 11.3 Å². The maximum Gasteiger partial charge on any atom is 0.210 e. The monoisotopic (exact) mass is 359 g/mol. The molecule has 0 aliphatic heterocycles. The standard InChI is InChI=1S/C17H18FN5OS/c18-13-8-6-12(7-9-13)15-10-19-16(24-15)11-25-17-20-21-22-23(17)14-4-2-1-3-5-14/h6-10,14H,1-5,11H2. The van der Waals surface area contributed by atoms with Gasteiger partial charge in [-0.05, 0) is 47.5 Å². The van der Waals surface area contributed by atoms with E-state index in [4.69, 9.17) is 4.42 Å². The SMILES string of the molecule is Fc1ccc(-c2cnc(CSc3nnnn3C3CCCCC3)o2)cc1. The van der Waals surface area contributed by atoms with Crippen LogP contribution in [0.1, 0.15) is 44.0 Å². The number of nitrogens with zero attached hydrogens (tertiary/aromatic N) is 5. The van der Waals surface area contributed by atoms with Gasteiger partial charge in [0.2, 0.25) is 11.0 Å². The van der Waals surface area contributed by atoms with E-state index < -0.39 is 0 Å². The first-order chi connectivity index (χ1) is 12.3. The summed E-state index contributed by atoms with van der Waals surface area (Å²) in [5.41, 5.74) is 0.803. The van der Waals surface area contributed by atoms with Crippen molar-refractivity contribution in [3.05, 3.63) is 42.2 Å². The van der Waals surface area contributed by atoms with Crippen LogP contribution in [0.2, 0.25) is 0 Å². The minimum atomic E-state index is -0.270. The van der Waals surface area contributed by atoms with E-state index in [1.54, 1.807) is 18.3 Å². The normalized spacial score (nSPS) is 15.6. The summed E-state index contributed by atoms with van der Waals surface area (Å²) in [5.74, 6) is 1.51. The van der Waals surface area contributed by atoms with Gasteiger partial charge in [0, 0.05) is 5.56 Å². The number of aromatic nitrogens is 5.